The molecule has 0 heterocycles. The van der Waals surface area contributed by atoms with Crippen LogP contribution in [0.1, 0.15) is 29.3 Å². The molecule has 0 atom stereocenters. The number of halogens is 3. The molecule has 0 unspecified atom stereocenters. The Labute approximate surface area is 100.0 Å². The van der Waals surface area contributed by atoms with Crippen molar-refractivity contribution in [3.05, 3.63) is 29.3 Å². The summed E-state index contributed by atoms with van der Waals surface area (Å²) in [5.41, 5.74) is -1.57. The van der Waals surface area contributed by atoms with Crippen molar-refractivity contribution >= 4 is 11.9 Å². The molecule has 0 bridgehead atoms. The lowest BCUT2D eigenvalue weighted by Crippen LogP contribution is -2.12. The molecule has 4 nitrogen and oxygen atoms in total. The highest BCUT2D eigenvalue weighted by Gasteiger charge is 2.32. The zero-order chi connectivity index (χ0) is 13.9. The van der Waals surface area contributed by atoms with Gasteiger partial charge in [0.25, 0.3) is 0 Å². The van der Waals surface area contributed by atoms with E-state index in [2.05, 4.69) is 4.74 Å². The molecule has 98 valence electrons. The van der Waals surface area contributed by atoms with Gasteiger partial charge in [-0.05, 0) is 18.2 Å². The first-order chi connectivity index (χ1) is 8.25. The molecule has 0 aromatic heterocycles. The van der Waals surface area contributed by atoms with Gasteiger partial charge >= 0.3 is 18.1 Å². The van der Waals surface area contributed by atoms with Crippen LogP contribution in [-0.2, 0) is 11.0 Å². The Hall–Kier alpha value is -2.05. The minimum Gasteiger partial charge on any atom is -0.478 e. The molecule has 1 aromatic carbocycles. The van der Waals surface area contributed by atoms with E-state index in [1.165, 1.54) is 6.92 Å². The third kappa shape index (κ3) is 3.22. The van der Waals surface area contributed by atoms with Crippen LogP contribution in [0.15, 0.2) is 18.2 Å². The van der Waals surface area contributed by atoms with Gasteiger partial charge < -0.3 is 9.84 Å². The Balaban J connectivity index is 3.24. The highest BCUT2D eigenvalue weighted by Crippen LogP contribution is 2.33. The molecule has 18 heavy (non-hydrogen) atoms. The van der Waals surface area contributed by atoms with Gasteiger partial charge in [-0.3, -0.25) is 4.79 Å². The summed E-state index contributed by atoms with van der Waals surface area (Å²) in [6.07, 6.45) is -4.71. The van der Waals surface area contributed by atoms with Gasteiger partial charge in [0.2, 0.25) is 0 Å². The average Bonchev–Trinajstić information content (AvgIpc) is 2.27. The first kappa shape index (κ1) is 14.0. The predicted molar refractivity (Wildman–Crippen MR) is 54.3 cm³/mol. The monoisotopic (exact) mass is 262 g/mol. The summed E-state index contributed by atoms with van der Waals surface area (Å²) in [7, 11) is 0. The lowest BCUT2D eigenvalue weighted by atomic mass is 10.1. The fraction of sp³-hybridized carbons (Fsp3) is 0.273. The van der Waals surface area contributed by atoms with E-state index >= 15 is 0 Å². The number of hydrogen-bond acceptors (Lipinski definition) is 3. The number of aromatic carboxylic acids is 1. The second-order valence-electron chi connectivity index (χ2n) is 3.34. The Morgan fingerprint density at radius 3 is 2.39 bits per heavy atom. The Morgan fingerprint density at radius 1 is 1.33 bits per heavy atom. The molecule has 0 radical (unpaired) electrons. The lowest BCUT2D eigenvalue weighted by molar-refractivity contribution is -0.139. The number of carboxylic acid groups (broad SMARTS) is 1. The average molecular weight is 262 g/mol. The molecule has 1 N–H and O–H groups in total. The number of carboxylic acids is 1. The number of ether oxygens (including phenoxy) is 1. The molecule has 1 aromatic rings. The standard InChI is InChI=1S/C11H9F3O4/c1-2-9(15)18-8-5-6(11(12,13)14)3-4-7(8)10(16)17/h3-5H,2H2,1H3,(H,16,17). The van der Waals surface area contributed by atoms with Gasteiger partial charge in [-0.2, -0.15) is 13.2 Å². The topological polar surface area (TPSA) is 63.6 Å². The molecule has 1 rings (SSSR count). The molecule has 0 saturated heterocycles. The summed E-state index contributed by atoms with van der Waals surface area (Å²) < 4.78 is 41.9. The first-order valence-corrected chi connectivity index (χ1v) is 4.91. The maximum absolute atomic E-state index is 12.4. The van der Waals surface area contributed by atoms with E-state index in [0.29, 0.717) is 12.1 Å². The van der Waals surface area contributed by atoms with Crippen LogP contribution >= 0.6 is 0 Å². The van der Waals surface area contributed by atoms with Crippen molar-refractivity contribution in [2.24, 2.45) is 0 Å². The molecule has 0 aliphatic heterocycles. The second kappa shape index (κ2) is 5.07. The number of carbonyl (C=O) groups is 2. The summed E-state index contributed by atoms with van der Waals surface area (Å²) >= 11 is 0. The van der Waals surface area contributed by atoms with Crippen molar-refractivity contribution in [1.29, 1.82) is 0 Å². The Morgan fingerprint density at radius 2 is 1.94 bits per heavy atom. The zero-order valence-electron chi connectivity index (χ0n) is 9.25. The quantitative estimate of drug-likeness (QED) is 0.672. The normalized spacial score (nSPS) is 11.1. The molecule has 0 saturated carbocycles. The van der Waals surface area contributed by atoms with E-state index in [1.807, 2.05) is 0 Å². The molecule has 0 aliphatic carbocycles. The number of alkyl halides is 3. The van der Waals surface area contributed by atoms with E-state index in [1.54, 1.807) is 0 Å². The van der Waals surface area contributed by atoms with Crippen molar-refractivity contribution in [3.63, 3.8) is 0 Å². The van der Waals surface area contributed by atoms with E-state index in [9.17, 15) is 22.8 Å². The number of carbonyl (C=O) groups excluding carboxylic acids is 1. The molecule has 0 amide bonds. The van der Waals surface area contributed by atoms with Gasteiger partial charge in [0.1, 0.15) is 11.3 Å². The first-order valence-electron chi connectivity index (χ1n) is 4.91. The summed E-state index contributed by atoms with van der Waals surface area (Å²) in [5, 5.41) is 8.77. The van der Waals surface area contributed by atoms with Crippen molar-refractivity contribution in [2.75, 3.05) is 0 Å². The van der Waals surface area contributed by atoms with Gasteiger partial charge in [0.15, 0.2) is 0 Å². The van der Waals surface area contributed by atoms with E-state index < -0.39 is 35.0 Å². The minimum absolute atomic E-state index is 0.0741. The smallest absolute Gasteiger partial charge is 0.416 e. The number of esters is 1. The van der Waals surface area contributed by atoms with Gasteiger partial charge in [-0.15, -0.1) is 0 Å². The lowest BCUT2D eigenvalue weighted by Gasteiger charge is -2.11. The molecule has 7 heteroatoms. The van der Waals surface area contributed by atoms with Crippen LogP contribution in [0.2, 0.25) is 0 Å². The van der Waals surface area contributed by atoms with Crippen molar-refractivity contribution < 1.29 is 32.6 Å². The third-order valence-corrected chi connectivity index (χ3v) is 2.05. The molecular formula is C11H9F3O4. The van der Waals surface area contributed by atoms with Crippen LogP contribution in [-0.4, -0.2) is 17.0 Å². The second-order valence-corrected chi connectivity index (χ2v) is 3.34. The number of benzene rings is 1. The van der Waals surface area contributed by atoms with Crippen molar-refractivity contribution in [3.8, 4) is 5.75 Å². The molecule has 0 spiro atoms. The maximum Gasteiger partial charge on any atom is 0.416 e. The molecule has 0 aliphatic rings. The van der Waals surface area contributed by atoms with Crippen LogP contribution < -0.4 is 4.74 Å². The molecular weight excluding hydrogens is 253 g/mol. The van der Waals surface area contributed by atoms with Crippen LogP contribution in [0.3, 0.4) is 0 Å². The van der Waals surface area contributed by atoms with Crippen LogP contribution in [0.25, 0.3) is 0 Å². The number of hydrogen-bond donors (Lipinski definition) is 1. The van der Waals surface area contributed by atoms with Crippen LogP contribution in [0, 0.1) is 0 Å². The van der Waals surface area contributed by atoms with Gasteiger partial charge in [-0.1, -0.05) is 6.92 Å². The van der Waals surface area contributed by atoms with Gasteiger partial charge in [0.05, 0.1) is 5.56 Å². The fourth-order valence-electron chi connectivity index (χ4n) is 1.15. The SMILES string of the molecule is CCC(=O)Oc1cc(C(F)(F)F)ccc1C(=O)O. The Bertz CT molecular complexity index is 480. The van der Waals surface area contributed by atoms with Gasteiger partial charge in [0, 0.05) is 6.42 Å². The maximum atomic E-state index is 12.4. The highest BCUT2D eigenvalue weighted by molar-refractivity contribution is 5.92. The summed E-state index contributed by atoms with van der Waals surface area (Å²) in [6.45, 7) is 1.44. The fourth-order valence-corrected chi connectivity index (χ4v) is 1.15. The van der Waals surface area contributed by atoms with Crippen LogP contribution in [0.4, 0.5) is 13.2 Å². The largest absolute Gasteiger partial charge is 0.478 e. The van der Waals surface area contributed by atoms with Crippen molar-refractivity contribution in [1.82, 2.24) is 0 Å². The zero-order valence-corrected chi connectivity index (χ0v) is 9.25. The van der Waals surface area contributed by atoms with Crippen LogP contribution in [0.5, 0.6) is 5.75 Å². The van der Waals surface area contributed by atoms with E-state index in [-0.39, 0.29) is 6.42 Å². The predicted octanol–water partition coefficient (Wildman–Crippen LogP) is 2.72. The van der Waals surface area contributed by atoms with E-state index in [4.69, 9.17) is 5.11 Å². The van der Waals surface area contributed by atoms with Gasteiger partial charge in [-0.25, -0.2) is 4.79 Å². The third-order valence-electron chi connectivity index (χ3n) is 2.05. The number of rotatable bonds is 3. The minimum atomic E-state index is -4.63. The highest BCUT2D eigenvalue weighted by atomic mass is 19.4. The summed E-state index contributed by atoms with van der Waals surface area (Å²) in [5.74, 6) is -2.89. The van der Waals surface area contributed by atoms with Crippen molar-refractivity contribution in [2.45, 2.75) is 19.5 Å². The van der Waals surface area contributed by atoms with E-state index in [0.717, 1.165) is 6.07 Å². The molecule has 0 fully saturated rings. The summed E-state index contributed by atoms with van der Waals surface area (Å²) in [6, 6.07) is 1.87. The summed E-state index contributed by atoms with van der Waals surface area (Å²) in [4.78, 5) is 21.8. The Kier molecular flexibility index (Phi) is 3.95.